The van der Waals surface area contributed by atoms with Crippen molar-refractivity contribution < 1.29 is 19.4 Å². The van der Waals surface area contributed by atoms with Crippen LogP contribution in [0.5, 0.6) is 0 Å². The van der Waals surface area contributed by atoms with Gasteiger partial charge >= 0.3 is 11.9 Å². The molecule has 2 atom stereocenters. The van der Waals surface area contributed by atoms with Crippen molar-refractivity contribution in [3.8, 4) is 0 Å². The van der Waals surface area contributed by atoms with E-state index in [2.05, 4.69) is 13.8 Å². The number of rotatable bonds is 6. The molecule has 2 unspecified atom stereocenters. The fraction of sp³-hybridized carbons (Fsp3) is 0.556. The third-order valence-electron chi connectivity index (χ3n) is 4.56. The highest BCUT2D eigenvalue weighted by molar-refractivity contribution is 5.90. The smallest absolute Gasteiger partial charge is 0.338 e. The highest BCUT2D eigenvalue weighted by Gasteiger charge is 2.51. The molecule has 1 aliphatic rings. The summed E-state index contributed by atoms with van der Waals surface area (Å²) in [6, 6.07) is 8.75. The quantitative estimate of drug-likeness (QED) is 0.809. The topological polar surface area (TPSA) is 63.6 Å². The Balaban J connectivity index is 2.13. The largest absolute Gasteiger partial charge is 0.481 e. The lowest BCUT2D eigenvalue weighted by molar-refractivity contribution is -0.155. The predicted octanol–water partition coefficient (Wildman–Crippen LogP) is 3.90. The molecule has 1 aromatic carbocycles. The van der Waals surface area contributed by atoms with Crippen LogP contribution in [-0.2, 0) is 9.53 Å². The molecular formula is C18H24O4. The Kier molecular flexibility index (Phi) is 5.22. The fourth-order valence-electron chi connectivity index (χ4n) is 3.17. The molecule has 4 heteroatoms. The van der Waals surface area contributed by atoms with E-state index in [0.717, 1.165) is 12.8 Å². The van der Waals surface area contributed by atoms with Gasteiger partial charge in [-0.15, -0.1) is 0 Å². The van der Waals surface area contributed by atoms with E-state index < -0.39 is 23.5 Å². The summed E-state index contributed by atoms with van der Waals surface area (Å²) in [7, 11) is 0. The predicted molar refractivity (Wildman–Crippen MR) is 83.6 cm³/mol. The van der Waals surface area contributed by atoms with E-state index in [4.69, 9.17) is 4.74 Å². The summed E-state index contributed by atoms with van der Waals surface area (Å²) >= 11 is 0. The van der Waals surface area contributed by atoms with Gasteiger partial charge in [0.2, 0.25) is 0 Å². The number of carboxylic acids is 1. The summed E-state index contributed by atoms with van der Waals surface area (Å²) in [5, 5.41) is 9.74. The third-order valence-corrected chi connectivity index (χ3v) is 4.56. The van der Waals surface area contributed by atoms with Crippen molar-refractivity contribution in [1.29, 1.82) is 0 Å². The van der Waals surface area contributed by atoms with Crippen LogP contribution in [0.25, 0.3) is 0 Å². The summed E-state index contributed by atoms with van der Waals surface area (Å²) in [5.41, 5.74) is -0.452. The first-order chi connectivity index (χ1) is 10.5. The van der Waals surface area contributed by atoms with Crippen LogP contribution in [0.3, 0.4) is 0 Å². The minimum absolute atomic E-state index is 0.428. The second kappa shape index (κ2) is 6.95. The van der Waals surface area contributed by atoms with Crippen molar-refractivity contribution >= 4 is 11.9 Å². The van der Waals surface area contributed by atoms with Crippen LogP contribution >= 0.6 is 0 Å². The van der Waals surface area contributed by atoms with Gasteiger partial charge in [0.15, 0.2) is 0 Å². The van der Waals surface area contributed by atoms with E-state index in [0.29, 0.717) is 30.7 Å². The molecule has 120 valence electrons. The number of ether oxygens (including phenoxy) is 1. The van der Waals surface area contributed by atoms with Gasteiger partial charge in [-0.05, 0) is 50.2 Å². The van der Waals surface area contributed by atoms with Crippen LogP contribution in [0.4, 0.5) is 0 Å². The van der Waals surface area contributed by atoms with Gasteiger partial charge in [0.25, 0.3) is 0 Å². The van der Waals surface area contributed by atoms with Crippen molar-refractivity contribution in [2.24, 2.45) is 11.3 Å². The third kappa shape index (κ3) is 3.49. The van der Waals surface area contributed by atoms with Gasteiger partial charge in [-0.1, -0.05) is 32.0 Å². The lowest BCUT2D eigenvalue weighted by Gasteiger charge is -2.31. The standard InChI is InChI=1S/C18H24O4/c1-13(2)10-12-18(17(20)21)11-6-9-15(18)22-16(19)14-7-4-3-5-8-14/h3-5,7-8,13,15H,6,9-12H2,1-2H3,(H,20,21). The first-order valence-electron chi connectivity index (χ1n) is 7.95. The second-order valence-corrected chi connectivity index (χ2v) is 6.55. The lowest BCUT2D eigenvalue weighted by atomic mass is 9.78. The Hall–Kier alpha value is -1.84. The SMILES string of the molecule is CC(C)CCC1(C(=O)O)CCCC1OC(=O)c1ccccc1. The Labute approximate surface area is 131 Å². The highest BCUT2D eigenvalue weighted by atomic mass is 16.5. The monoisotopic (exact) mass is 304 g/mol. The van der Waals surface area contributed by atoms with E-state index in [-0.39, 0.29) is 0 Å². The summed E-state index contributed by atoms with van der Waals surface area (Å²) < 4.78 is 5.59. The van der Waals surface area contributed by atoms with E-state index >= 15 is 0 Å². The zero-order valence-electron chi connectivity index (χ0n) is 13.2. The van der Waals surface area contributed by atoms with Crippen LogP contribution < -0.4 is 0 Å². The molecule has 1 aromatic rings. The highest BCUT2D eigenvalue weighted by Crippen LogP contribution is 2.45. The van der Waals surface area contributed by atoms with Crippen molar-refractivity contribution in [2.75, 3.05) is 0 Å². The molecule has 0 heterocycles. The first-order valence-corrected chi connectivity index (χ1v) is 7.95. The van der Waals surface area contributed by atoms with Gasteiger partial charge in [0.1, 0.15) is 11.5 Å². The molecule has 1 saturated carbocycles. The lowest BCUT2D eigenvalue weighted by Crippen LogP contribution is -2.41. The van der Waals surface area contributed by atoms with Crippen LogP contribution in [-0.4, -0.2) is 23.1 Å². The molecule has 1 N–H and O–H groups in total. The van der Waals surface area contributed by atoms with E-state index in [1.54, 1.807) is 24.3 Å². The number of carbonyl (C=O) groups excluding carboxylic acids is 1. The molecule has 0 aromatic heterocycles. The average molecular weight is 304 g/mol. The van der Waals surface area contributed by atoms with Crippen LogP contribution in [0.2, 0.25) is 0 Å². The van der Waals surface area contributed by atoms with Crippen LogP contribution in [0.1, 0.15) is 56.3 Å². The molecule has 0 spiro atoms. The van der Waals surface area contributed by atoms with E-state index in [1.165, 1.54) is 0 Å². The molecule has 0 radical (unpaired) electrons. The van der Waals surface area contributed by atoms with Crippen LogP contribution in [0, 0.1) is 11.3 Å². The minimum Gasteiger partial charge on any atom is -0.481 e. The first kappa shape index (κ1) is 16.5. The normalized spacial score (nSPS) is 24.4. The summed E-state index contributed by atoms with van der Waals surface area (Å²) in [6.45, 7) is 4.16. The Morgan fingerprint density at radius 1 is 1.32 bits per heavy atom. The van der Waals surface area contributed by atoms with Crippen molar-refractivity contribution in [1.82, 2.24) is 0 Å². The van der Waals surface area contributed by atoms with Gasteiger partial charge in [-0.2, -0.15) is 0 Å². The molecular weight excluding hydrogens is 280 g/mol. The Bertz CT molecular complexity index is 523. The summed E-state index contributed by atoms with van der Waals surface area (Å²) in [4.78, 5) is 24.1. The Morgan fingerprint density at radius 2 is 2.00 bits per heavy atom. The van der Waals surface area contributed by atoms with Gasteiger partial charge in [0.05, 0.1) is 5.56 Å². The van der Waals surface area contributed by atoms with Gasteiger partial charge < -0.3 is 9.84 Å². The molecule has 22 heavy (non-hydrogen) atoms. The van der Waals surface area contributed by atoms with E-state index in [9.17, 15) is 14.7 Å². The molecule has 0 aliphatic heterocycles. The molecule has 4 nitrogen and oxygen atoms in total. The van der Waals surface area contributed by atoms with Gasteiger partial charge in [0, 0.05) is 0 Å². The van der Waals surface area contributed by atoms with Gasteiger partial charge in [-0.25, -0.2) is 4.79 Å². The van der Waals surface area contributed by atoms with Crippen molar-refractivity contribution in [2.45, 2.75) is 52.1 Å². The van der Waals surface area contributed by atoms with Crippen LogP contribution in [0.15, 0.2) is 30.3 Å². The van der Waals surface area contributed by atoms with Gasteiger partial charge in [-0.3, -0.25) is 4.79 Å². The van der Waals surface area contributed by atoms with Crippen molar-refractivity contribution in [3.63, 3.8) is 0 Å². The Morgan fingerprint density at radius 3 is 2.59 bits per heavy atom. The fourth-order valence-corrected chi connectivity index (χ4v) is 3.17. The molecule has 0 bridgehead atoms. The maximum absolute atomic E-state index is 12.2. The number of esters is 1. The maximum atomic E-state index is 12.2. The zero-order valence-corrected chi connectivity index (χ0v) is 13.2. The second-order valence-electron chi connectivity index (χ2n) is 6.55. The number of hydrogen-bond donors (Lipinski definition) is 1. The molecule has 2 rings (SSSR count). The maximum Gasteiger partial charge on any atom is 0.338 e. The number of hydrogen-bond acceptors (Lipinski definition) is 3. The summed E-state index contributed by atoms with van der Waals surface area (Å²) in [5.74, 6) is -0.832. The number of carbonyl (C=O) groups is 2. The number of aliphatic carboxylic acids is 1. The van der Waals surface area contributed by atoms with Crippen molar-refractivity contribution in [3.05, 3.63) is 35.9 Å². The zero-order chi connectivity index (χ0) is 16.2. The van der Waals surface area contributed by atoms with E-state index in [1.807, 2.05) is 6.07 Å². The molecule has 1 fully saturated rings. The number of benzene rings is 1. The molecule has 0 saturated heterocycles. The average Bonchev–Trinajstić information content (AvgIpc) is 2.90. The molecule has 0 amide bonds. The molecule has 1 aliphatic carbocycles. The minimum atomic E-state index is -0.922. The summed E-state index contributed by atoms with van der Waals surface area (Å²) in [6.07, 6.45) is 2.86. The number of carboxylic acid groups (broad SMARTS) is 1.